The van der Waals surface area contributed by atoms with Crippen molar-refractivity contribution in [2.24, 2.45) is 0 Å². The van der Waals surface area contributed by atoms with Crippen LogP contribution in [0.1, 0.15) is 24.5 Å². The molecule has 0 bridgehead atoms. The van der Waals surface area contributed by atoms with Gasteiger partial charge in [-0.05, 0) is 46.8 Å². The smallest absolute Gasteiger partial charge is 0.00730 e. The van der Waals surface area contributed by atoms with Crippen LogP contribution < -0.4 is 0 Å². The highest BCUT2D eigenvalue weighted by molar-refractivity contribution is 6.05. The third-order valence-electron chi connectivity index (χ3n) is 3.41. The van der Waals surface area contributed by atoms with Crippen LogP contribution in [0.3, 0.4) is 0 Å². The van der Waals surface area contributed by atoms with Gasteiger partial charge in [-0.1, -0.05) is 49.1 Å². The summed E-state index contributed by atoms with van der Waals surface area (Å²) in [7, 11) is 0. The molecule has 3 rings (SSSR count). The molecule has 0 radical (unpaired) electrons. The van der Waals surface area contributed by atoms with E-state index < -0.39 is 0 Å². The van der Waals surface area contributed by atoms with Crippen molar-refractivity contribution in [2.45, 2.75) is 13.3 Å². The fraction of sp³-hybridized carbons (Fsp3) is 0.125. The quantitative estimate of drug-likeness (QED) is 0.591. The maximum Gasteiger partial charge on any atom is -0.00730 e. The van der Waals surface area contributed by atoms with E-state index in [1.54, 1.807) is 0 Å². The summed E-state index contributed by atoms with van der Waals surface area (Å²) in [6.45, 7) is 6.35. The highest BCUT2D eigenvalue weighted by atomic mass is 14.3. The first kappa shape index (κ1) is 9.41. The maximum atomic E-state index is 4.25. The van der Waals surface area contributed by atoms with Crippen molar-refractivity contribution in [3.05, 3.63) is 71.3 Å². The Bertz CT molecular complexity index is 565. The summed E-state index contributed by atoms with van der Waals surface area (Å²) < 4.78 is 0. The molecule has 0 atom stereocenters. The summed E-state index contributed by atoms with van der Waals surface area (Å²) in [4.78, 5) is 0. The van der Waals surface area contributed by atoms with Gasteiger partial charge in [-0.25, -0.2) is 0 Å². The van der Waals surface area contributed by atoms with Crippen LogP contribution in [0.4, 0.5) is 0 Å². The zero-order chi connectivity index (χ0) is 11.1. The Morgan fingerprint density at radius 1 is 1.19 bits per heavy atom. The zero-order valence-electron chi connectivity index (χ0n) is 9.46. The Labute approximate surface area is 96.3 Å². The second-order valence-electron chi connectivity index (χ2n) is 4.23. The fourth-order valence-corrected chi connectivity index (χ4v) is 2.62. The number of benzene rings is 1. The average Bonchev–Trinajstić information content (AvgIpc) is 2.64. The molecule has 0 aliphatic heterocycles. The first-order valence-electron chi connectivity index (χ1n) is 5.68. The summed E-state index contributed by atoms with van der Waals surface area (Å²) in [5.74, 6) is 0. The molecule has 0 heterocycles. The van der Waals surface area contributed by atoms with Gasteiger partial charge in [0.1, 0.15) is 0 Å². The first-order valence-corrected chi connectivity index (χ1v) is 5.68. The monoisotopic (exact) mass is 206 g/mol. The van der Waals surface area contributed by atoms with E-state index >= 15 is 0 Å². The predicted octanol–water partition coefficient (Wildman–Crippen LogP) is 4.37. The molecule has 1 aromatic carbocycles. The average molecular weight is 206 g/mol. The minimum absolute atomic E-state index is 1.03. The van der Waals surface area contributed by atoms with E-state index in [2.05, 4.69) is 56.0 Å². The van der Waals surface area contributed by atoms with Crippen LogP contribution in [-0.2, 0) is 0 Å². The lowest BCUT2D eigenvalue weighted by atomic mass is 9.91. The van der Waals surface area contributed by atoms with Gasteiger partial charge in [0.05, 0.1) is 0 Å². The molecule has 16 heavy (non-hydrogen) atoms. The molecule has 0 spiro atoms. The Hall–Kier alpha value is -1.82. The SMILES string of the molecule is C=C1C2=C(C=CCC2=CC)c2ccccc21. The molecule has 0 heteroatoms. The first-order chi connectivity index (χ1) is 7.83. The molecule has 0 N–H and O–H groups in total. The van der Waals surface area contributed by atoms with Gasteiger partial charge in [0.2, 0.25) is 0 Å². The van der Waals surface area contributed by atoms with Crippen LogP contribution in [0.5, 0.6) is 0 Å². The van der Waals surface area contributed by atoms with Crippen molar-refractivity contribution >= 4 is 11.1 Å². The van der Waals surface area contributed by atoms with Gasteiger partial charge in [-0.15, -0.1) is 0 Å². The van der Waals surface area contributed by atoms with Gasteiger partial charge in [0.25, 0.3) is 0 Å². The lowest BCUT2D eigenvalue weighted by Crippen LogP contribution is -1.93. The summed E-state index contributed by atoms with van der Waals surface area (Å²) in [5.41, 5.74) is 7.91. The van der Waals surface area contributed by atoms with Crippen molar-refractivity contribution in [2.75, 3.05) is 0 Å². The van der Waals surface area contributed by atoms with Gasteiger partial charge in [-0.3, -0.25) is 0 Å². The highest BCUT2D eigenvalue weighted by Gasteiger charge is 2.26. The number of hydrogen-bond donors (Lipinski definition) is 0. The molecule has 1 aromatic rings. The molecule has 0 unspecified atom stereocenters. The van der Waals surface area contributed by atoms with Crippen molar-refractivity contribution < 1.29 is 0 Å². The molecular weight excluding hydrogens is 192 g/mol. The standard InChI is InChI=1S/C16H14/c1-3-12-7-6-10-15-14-9-5-4-8-13(14)11(2)16(12)15/h3-6,8-10H,2,7H2,1H3. The Morgan fingerprint density at radius 3 is 2.69 bits per heavy atom. The molecule has 0 aromatic heterocycles. The van der Waals surface area contributed by atoms with Gasteiger partial charge >= 0.3 is 0 Å². The van der Waals surface area contributed by atoms with E-state index in [-0.39, 0.29) is 0 Å². The molecule has 2 aliphatic rings. The third-order valence-corrected chi connectivity index (χ3v) is 3.41. The zero-order valence-corrected chi connectivity index (χ0v) is 9.46. The second kappa shape index (κ2) is 3.34. The summed E-state index contributed by atoms with van der Waals surface area (Å²) in [5, 5.41) is 0. The number of fused-ring (bicyclic) bond motifs is 2. The molecule has 0 amide bonds. The Balaban J connectivity index is 2.29. The van der Waals surface area contributed by atoms with E-state index in [0.29, 0.717) is 0 Å². The van der Waals surface area contributed by atoms with Crippen molar-refractivity contribution in [3.8, 4) is 0 Å². The molecule has 0 nitrogen and oxygen atoms in total. The number of hydrogen-bond acceptors (Lipinski definition) is 0. The molecular formula is C16H14. The van der Waals surface area contributed by atoms with Crippen molar-refractivity contribution in [1.29, 1.82) is 0 Å². The van der Waals surface area contributed by atoms with Gasteiger partial charge in [0, 0.05) is 0 Å². The highest BCUT2D eigenvalue weighted by Crippen LogP contribution is 2.46. The van der Waals surface area contributed by atoms with Crippen LogP contribution in [-0.4, -0.2) is 0 Å². The van der Waals surface area contributed by atoms with Crippen LogP contribution in [0, 0.1) is 0 Å². The second-order valence-corrected chi connectivity index (χ2v) is 4.23. The van der Waals surface area contributed by atoms with E-state index in [4.69, 9.17) is 0 Å². The van der Waals surface area contributed by atoms with Gasteiger partial charge < -0.3 is 0 Å². The van der Waals surface area contributed by atoms with Crippen molar-refractivity contribution in [3.63, 3.8) is 0 Å². The largest absolute Gasteiger partial charge is 0.0905 e. The topological polar surface area (TPSA) is 0 Å². The minimum Gasteiger partial charge on any atom is -0.0905 e. The normalized spacial score (nSPS) is 20.3. The molecule has 0 fully saturated rings. The van der Waals surface area contributed by atoms with E-state index in [9.17, 15) is 0 Å². The fourth-order valence-electron chi connectivity index (χ4n) is 2.62. The third kappa shape index (κ3) is 1.10. The molecule has 0 saturated carbocycles. The van der Waals surface area contributed by atoms with E-state index in [1.165, 1.54) is 33.4 Å². The number of rotatable bonds is 0. The Kier molecular flexibility index (Phi) is 1.97. The lowest BCUT2D eigenvalue weighted by Gasteiger charge is -2.13. The number of allylic oxidation sites excluding steroid dienone is 7. The molecule has 2 aliphatic carbocycles. The van der Waals surface area contributed by atoms with Crippen molar-refractivity contribution in [1.82, 2.24) is 0 Å². The predicted molar refractivity (Wildman–Crippen MR) is 69.9 cm³/mol. The lowest BCUT2D eigenvalue weighted by molar-refractivity contribution is 1.23. The van der Waals surface area contributed by atoms with Crippen LogP contribution in [0.2, 0.25) is 0 Å². The molecule has 0 saturated heterocycles. The van der Waals surface area contributed by atoms with Crippen LogP contribution >= 0.6 is 0 Å². The van der Waals surface area contributed by atoms with E-state index in [0.717, 1.165) is 6.42 Å². The maximum absolute atomic E-state index is 4.25. The Morgan fingerprint density at radius 2 is 1.94 bits per heavy atom. The summed E-state index contributed by atoms with van der Waals surface area (Å²) >= 11 is 0. The minimum atomic E-state index is 1.03. The van der Waals surface area contributed by atoms with Crippen LogP contribution in [0.25, 0.3) is 11.1 Å². The van der Waals surface area contributed by atoms with Gasteiger partial charge in [-0.2, -0.15) is 0 Å². The van der Waals surface area contributed by atoms with E-state index in [1.807, 2.05) is 0 Å². The van der Waals surface area contributed by atoms with Crippen LogP contribution in [0.15, 0.2) is 60.2 Å². The summed E-state index contributed by atoms with van der Waals surface area (Å²) in [6, 6.07) is 8.53. The van der Waals surface area contributed by atoms with Gasteiger partial charge in [0.15, 0.2) is 0 Å². The summed E-state index contributed by atoms with van der Waals surface area (Å²) in [6.07, 6.45) is 7.71. The molecule has 78 valence electrons.